The number of halogens is 2. The van der Waals surface area contributed by atoms with E-state index in [1.165, 1.54) is 6.07 Å². The average Bonchev–Trinajstić information content (AvgIpc) is 2.83. The maximum atomic E-state index is 13.9. The Morgan fingerprint density at radius 3 is 2.43 bits per heavy atom. The summed E-state index contributed by atoms with van der Waals surface area (Å²) in [5, 5.41) is 10.4. The van der Waals surface area contributed by atoms with Crippen LogP contribution in [0.15, 0.2) is 18.2 Å². The fraction of sp³-hybridized carbons (Fsp3) is 0.667. The lowest BCUT2D eigenvalue weighted by Crippen LogP contribution is -2.53. The van der Waals surface area contributed by atoms with Crippen molar-refractivity contribution in [3.8, 4) is 0 Å². The normalized spacial score (nSPS) is 25.9. The van der Waals surface area contributed by atoms with Gasteiger partial charge in [-0.3, -0.25) is 0 Å². The van der Waals surface area contributed by atoms with Gasteiger partial charge < -0.3 is 19.6 Å². The number of fused-ring (bicyclic) bond motifs is 2. The molecule has 0 aromatic heterocycles. The van der Waals surface area contributed by atoms with E-state index >= 15 is 0 Å². The molecule has 3 rings (SSSR count). The number of piperidine rings is 1. The van der Waals surface area contributed by atoms with E-state index < -0.39 is 23.3 Å². The molecule has 2 aliphatic rings. The number of carbonyl (C=O) groups excluding carboxylic acids is 1. The number of likely N-dealkylation sites (N-methyl/N-ethyl adjacent to an activating group) is 1. The zero-order valence-electron chi connectivity index (χ0n) is 17.0. The van der Waals surface area contributed by atoms with E-state index in [0.29, 0.717) is 0 Å². The molecule has 1 unspecified atom stereocenters. The number of carbonyl (C=O) groups is 1. The van der Waals surface area contributed by atoms with Crippen molar-refractivity contribution in [2.24, 2.45) is 0 Å². The fourth-order valence-electron chi connectivity index (χ4n) is 4.41. The Bertz CT molecular complexity index is 708. The molecule has 7 heteroatoms. The Morgan fingerprint density at radius 2 is 1.89 bits per heavy atom. The summed E-state index contributed by atoms with van der Waals surface area (Å²) < 4.78 is 32.6. The fourth-order valence-corrected chi connectivity index (χ4v) is 4.41. The predicted octanol–water partition coefficient (Wildman–Crippen LogP) is 3.86. The summed E-state index contributed by atoms with van der Waals surface area (Å²) in [5.41, 5.74) is -0.421. The summed E-state index contributed by atoms with van der Waals surface area (Å²) in [5.74, 6) is -1.39. The molecule has 0 spiro atoms. The van der Waals surface area contributed by atoms with Crippen LogP contribution in [0.3, 0.4) is 0 Å². The Hall–Kier alpha value is -1.73. The number of ether oxygens (including phenoxy) is 1. The Morgan fingerprint density at radius 1 is 1.29 bits per heavy atom. The number of aliphatic hydroxyl groups is 1. The first kappa shape index (κ1) is 21.0. The third-order valence-electron chi connectivity index (χ3n) is 5.72. The van der Waals surface area contributed by atoms with Gasteiger partial charge in [-0.25, -0.2) is 13.6 Å². The summed E-state index contributed by atoms with van der Waals surface area (Å²) in [4.78, 5) is 16.5. The molecular formula is C21H30F2N2O3. The minimum atomic E-state index is -1.04. The largest absolute Gasteiger partial charge is 0.444 e. The van der Waals surface area contributed by atoms with Crippen LogP contribution in [-0.4, -0.2) is 58.3 Å². The second-order valence-electron chi connectivity index (χ2n) is 9.02. The molecule has 5 nitrogen and oxygen atoms in total. The molecule has 156 valence electrons. The van der Waals surface area contributed by atoms with E-state index in [2.05, 4.69) is 0 Å². The van der Waals surface area contributed by atoms with Crippen LogP contribution in [-0.2, 0) is 4.74 Å². The highest BCUT2D eigenvalue weighted by molar-refractivity contribution is 5.69. The highest BCUT2D eigenvalue weighted by atomic mass is 19.1. The van der Waals surface area contributed by atoms with Crippen molar-refractivity contribution in [1.29, 1.82) is 0 Å². The number of amides is 1. The van der Waals surface area contributed by atoms with Crippen LogP contribution >= 0.6 is 0 Å². The van der Waals surface area contributed by atoms with E-state index in [9.17, 15) is 18.7 Å². The second-order valence-corrected chi connectivity index (χ2v) is 9.02. The maximum absolute atomic E-state index is 13.9. The molecule has 1 aromatic rings. The van der Waals surface area contributed by atoms with E-state index in [-0.39, 0.29) is 36.3 Å². The zero-order valence-corrected chi connectivity index (χ0v) is 17.0. The molecule has 2 aliphatic heterocycles. The number of nitrogens with zero attached hydrogens (tertiary/aromatic N) is 2. The summed E-state index contributed by atoms with van der Waals surface area (Å²) in [7, 11) is 1.90. The van der Waals surface area contributed by atoms with Gasteiger partial charge in [-0.05, 0) is 59.6 Å². The number of hydrogen-bond acceptors (Lipinski definition) is 4. The van der Waals surface area contributed by atoms with Gasteiger partial charge in [-0.1, -0.05) is 6.07 Å². The van der Waals surface area contributed by atoms with Gasteiger partial charge >= 0.3 is 6.09 Å². The first-order chi connectivity index (χ1) is 13.0. The van der Waals surface area contributed by atoms with Crippen LogP contribution in [0, 0.1) is 11.6 Å². The lowest BCUT2D eigenvalue weighted by Gasteiger charge is -2.42. The lowest BCUT2D eigenvalue weighted by atomic mass is 9.96. The van der Waals surface area contributed by atoms with Crippen LogP contribution in [0.1, 0.15) is 58.1 Å². The quantitative estimate of drug-likeness (QED) is 0.840. The van der Waals surface area contributed by atoms with Crippen molar-refractivity contribution >= 4 is 6.09 Å². The van der Waals surface area contributed by atoms with Gasteiger partial charge in [0, 0.05) is 36.3 Å². The number of rotatable bonds is 4. The van der Waals surface area contributed by atoms with Crippen LogP contribution in [0.25, 0.3) is 0 Å². The summed E-state index contributed by atoms with van der Waals surface area (Å²) in [6.07, 6.45) is 2.20. The molecular weight excluding hydrogens is 366 g/mol. The molecule has 2 heterocycles. The smallest absolute Gasteiger partial charge is 0.410 e. The number of hydrogen-bond donors (Lipinski definition) is 1. The topological polar surface area (TPSA) is 53.0 Å². The van der Waals surface area contributed by atoms with Gasteiger partial charge in [0.2, 0.25) is 0 Å². The third-order valence-corrected chi connectivity index (χ3v) is 5.72. The Labute approximate surface area is 165 Å². The molecule has 28 heavy (non-hydrogen) atoms. The standard InChI is InChI=1S/C21H30F2N2O3/c1-21(2,3)28-20(27)25-14-6-7-15(25)11-16(10-14)24(4)12-19(26)17-8-5-13(22)9-18(17)23/h5,8-9,14-16,19,26H,6-7,10-12H2,1-4H3/t14-,15+,16?,19-/m1/s1. The van der Waals surface area contributed by atoms with Crippen LogP contribution < -0.4 is 0 Å². The predicted molar refractivity (Wildman–Crippen MR) is 102 cm³/mol. The van der Waals surface area contributed by atoms with Crippen molar-refractivity contribution < 1.29 is 23.4 Å². The van der Waals surface area contributed by atoms with Gasteiger partial charge in [0.15, 0.2) is 0 Å². The van der Waals surface area contributed by atoms with Crippen molar-refractivity contribution in [2.75, 3.05) is 13.6 Å². The molecule has 2 fully saturated rings. The molecule has 1 aromatic carbocycles. The van der Waals surface area contributed by atoms with Crippen LogP contribution in [0.4, 0.5) is 13.6 Å². The minimum Gasteiger partial charge on any atom is -0.444 e. The summed E-state index contributed by atoms with van der Waals surface area (Å²) >= 11 is 0. The second kappa shape index (κ2) is 7.95. The molecule has 0 aliphatic carbocycles. The van der Waals surface area contributed by atoms with Crippen molar-refractivity contribution in [2.45, 2.75) is 76.3 Å². The van der Waals surface area contributed by atoms with E-state index in [4.69, 9.17) is 4.74 Å². The molecule has 0 radical (unpaired) electrons. The summed E-state index contributed by atoms with van der Waals surface area (Å²) in [6.45, 7) is 5.84. The van der Waals surface area contributed by atoms with Crippen molar-refractivity contribution in [3.63, 3.8) is 0 Å². The lowest BCUT2D eigenvalue weighted by molar-refractivity contribution is -0.00600. The first-order valence-corrected chi connectivity index (χ1v) is 9.89. The van der Waals surface area contributed by atoms with E-state index in [1.807, 2.05) is 37.6 Å². The summed E-state index contributed by atoms with van der Waals surface area (Å²) in [6, 6.07) is 3.67. The molecule has 2 saturated heterocycles. The van der Waals surface area contributed by atoms with Crippen LogP contribution in [0.5, 0.6) is 0 Å². The van der Waals surface area contributed by atoms with Gasteiger partial charge in [-0.15, -0.1) is 0 Å². The first-order valence-electron chi connectivity index (χ1n) is 9.89. The van der Waals surface area contributed by atoms with Crippen molar-refractivity contribution in [3.05, 3.63) is 35.4 Å². The highest BCUT2D eigenvalue weighted by Crippen LogP contribution is 2.38. The average molecular weight is 396 g/mol. The van der Waals surface area contributed by atoms with E-state index in [1.54, 1.807) is 0 Å². The molecule has 4 atom stereocenters. The van der Waals surface area contributed by atoms with Gasteiger partial charge in [0.1, 0.15) is 17.2 Å². The van der Waals surface area contributed by atoms with Crippen molar-refractivity contribution in [1.82, 2.24) is 9.80 Å². The third kappa shape index (κ3) is 4.63. The Kier molecular flexibility index (Phi) is 5.96. The molecule has 1 amide bonds. The highest BCUT2D eigenvalue weighted by Gasteiger charge is 2.45. The molecule has 0 saturated carbocycles. The number of benzene rings is 1. The zero-order chi connectivity index (χ0) is 20.6. The minimum absolute atomic E-state index is 0.0995. The number of aliphatic hydroxyl groups excluding tert-OH is 1. The molecule has 2 bridgehead atoms. The van der Waals surface area contributed by atoms with Gasteiger partial charge in [0.05, 0.1) is 6.10 Å². The van der Waals surface area contributed by atoms with Crippen LogP contribution in [0.2, 0.25) is 0 Å². The maximum Gasteiger partial charge on any atom is 0.410 e. The van der Waals surface area contributed by atoms with Gasteiger partial charge in [0.25, 0.3) is 0 Å². The molecule has 1 N–H and O–H groups in total. The SMILES string of the molecule is CN(C[C@@H](O)c1ccc(F)cc1F)C1C[C@H]2CC[C@@H](C1)N2C(=O)OC(C)(C)C. The Balaban J connectivity index is 1.61. The van der Waals surface area contributed by atoms with E-state index in [0.717, 1.165) is 37.8 Å². The monoisotopic (exact) mass is 396 g/mol. The van der Waals surface area contributed by atoms with Gasteiger partial charge in [-0.2, -0.15) is 0 Å².